The molecule has 2 rings (SSSR count). The van der Waals surface area contributed by atoms with Crippen molar-refractivity contribution in [3.8, 4) is 0 Å². The maximum Gasteiger partial charge on any atom is 0.428 e. The van der Waals surface area contributed by atoms with Gasteiger partial charge in [-0.15, -0.1) is 0 Å². The molecule has 0 atom stereocenters. The SMILES string of the molecule is CCN(C(=O)NS(=O)(=O)c1ccc(C)cc1)N(C)C(=O)OCc1ccccc1. The Hall–Kier alpha value is -3.07. The highest BCUT2D eigenvalue weighted by molar-refractivity contribution is 7.90. The summed E-state index contributed by atoms with van der Waals surface area (Å²) < 4.78 is 31.9. The van der Waals surface area contributed by atoms with Crippen LogP contribution in [-0.2, 0) is 21.4 Å². The molecule has 8 nitrogen and oxygen atoms in total. The zero-order valence-corrected chi connectivity index (χ0v) is 16.8. The van der Waals surface area contributed by atoms with Crippen LogP contribution in [0.15, 0.2) is 59.5 Å². The number of hydrazine groups is 1. The average Bonchev–Trinajstić information content (AvgIpc) is 2.67. The molecule has 0 aliphatic carbocycles. The predicted octanol–water partition coefficient (Wildman–Crippen LogP) is 2.90. The molecule has 0 unspecified atom stereocenters. The summed E-state index contributed by atoms with van der Waals surface area (Å²) in [6.45, 7) is 3.53. The van der Waals surface area contributed by atoms with E-state index in [0.717, 1.165) is 21.1 Å². The fourth-order valence-electron chi connectivity index (χ4n) is 2.35. The number of hydrogen-bond acceptors (Lipinski definition) is 5. The van der Waals surface area contributed by atoms with Gasteiger partial charge in [-0.25, -0.2) is 32.7 Å². The fourth-order valence-corrected chi connectivity index (χ4v) is 3.29. The second-order valence-electron chi connectivity index (χ2n) is 6.00. The number of sulfonamides is 1. The van der Waals surface area contributed by atoms with Gasteiger partial charge in [0, 0.05) is 13.6 Å². The third-order valence-corrected chi connectivity index (χ3v) is 5.25. The van der Waals surface area contributed by atoms with Crippen LogP contribution >= 0.6 is 0 Å². The molecule has 150 valence electrons. The molecular weight excluding hydrogens is 382 g/mol. The lowest BCUT2D eigenvalue weighted by Gasteiger charge is -2.29. The van der Waals surface area contributed by atoms with Crippen molar-refractivity contribution in [1.82, 2.24) is 14.7 Å². The van der Waals surface area contributed by atoms with E-state index in [9.17, 15) is 18.0 Å². The first-order valence-electron chi connectivity index (χ1n) is 8.60. The molecule has 0 bridgehead atoms. The van der Waals surface area contributed by atoms with Crippen molar-refractivity contribution in [3.05, 3.63) is 65.7 Å². The van der Waals surface area contributed by atoms with E-state index in [4.69, 9.17) is 4.74 Å². The average molecular weight is 405 g/mol. The molecule has 0 heterocycles. The van der Waals surface area contributed by atoms with Crippen molar-refractivity contribution in [2.75, 3.05) is 13.6 Å². The Morgan fingerprint density at radius 1 is 1.04 bits per heavy atom. The number of carbonyl (C=O) groups is 2. The van der Waals surface area contributed by atoms with Gasteiger partial charge in [-0.2, -0.15) is 0 Å². The van der Waals surface area contributed by atoms with Crippen LogP contribution in [0, 0.1) is 6.92 Å². The van der Waals surface area contributed by atoms with Crippen LogP contribution in [0.2, 0.25) is 0 Å². The first kappa shape index (κ1) is 21.2. The second-order valence-corrected chi connectivity index (χ2v) is 7.69. The van der Waals surface area contributed by atoms with Crippen LogP contribution in [0.3, 0.4) is 0 Å². The highest BCUT2D eigenvalue weighted by Crippen LogP contribution is 2.11. The van der Waals surface area contributed by atoms with Crippen LogP contribution < -0.4 is 4.72 Å². The Balaban J connectivity index is 2.02. The summed E-state index contributed by atoms with van der Waals surface area (Å²) in [4.78, 5) is 24.6. The van der Waals surface area contributed by atoms with Gasteiger partial charge in [0.2, 0.25) is 0 Å². The molecular formula is C19H23N3O5S. The van der Waals surface area contributed by atoms with Crippen molar-refractivity contribution in [3.63, 3.8) is 0 Å². The molecule has 0 radical (unpaired) electrons. The van der Waals surface area contributed by atoms with Crippen molar-refractivity contribution >= 4 is 22.1 Å². The maximum absolute atomic E-state index is 12.4. The molecule has 0 aliphatic rings. The van der Waals surface area contributed by atoms with Crippen molar-refractivity contribution in [1.29, 1.82) is 0 Å². The van der Waals surface area contributed by atoms with Crippen LogP contribution in [0.25, 0.3) is 0 Å². The topological polar surface area (TPSA) is 96.0 Å². The number of carbonyl (C=O) groups excluding carboxylic acids is 2. The number of aryl methyl sites for hydroxylation is 1. The van der Waals surface area contributed by atoms with Gasteiger partial charge in [-0.05, 0) is 31.5 Å². The lowest BCUT2D eigenvalue weighted by molar-refractivity contribution is 0.0225. The standard InChI is InChI=1S/C19H23N3O5S/c1-4-22(21(3)19(24)27-14-16-8-6-5-7-9-16)18(23)20-28(25,26)17-12-10-15(2)11-13-17/h5-13H,4,14H2,1-3H3,(H,20,23). The Kier molecular flexibility index (Phi) is 7.00. The number of hydrogen-bond donors (Lipinski definition) is 1. The van der Waals surface area contributed by atoms with E-state index in [1.807, 2.05) is 29.8 Å². The quantitative estimate of drug-likeness (QED) is 0.772. The van der Waals surface area contributed by atoms with E-state index >= 15 is 0 Å². The lowest BCUT2D eigenvalue weighted by atomic mass is 10.2. The third-order valence-electron chi connectivity index (χ3n) is 3.92. The Labute approximate surface area is 164 Å². The van der Waals surface area contributed by atoms with E-state index in [-0.39, 0.29) is 18.0 Å². The monoisotopic (exact) mass is 405 g/mol. The summed E-state index contributed by atoms with van der Waals surface area (Å²) in [7, 11) is -2.74. The maximum atomic E-state index is 12.4. The van der Waals surface area contributed by atoms with E-state index in [2.05, 4.69) is 0 Å². The molecule has 0 fully saturated rings. The smallest absolute Gasteiger partial charge is 0.428 e. The number of nitrogens with one attached hydrogen (secondary N) is 1. The van der Waals surface area contributed by atoms with E-state index < -0.39 is 22.1 Å². The van der Waals surface area contributed by atoms with Gasteiger partial charge in [0.25, 0.3) is 10.0 Å². The van der Waals surface area contributed by atoms with E-state index in [1.165, 1.54) is 19.2 Å². The van der Waals surface area contributed by atoms with Crippen molar-refractivity contribution < 1.29 is 22.7 Å². The molecule has 0 saturated carbocycles. The molecule has 3 amide bonds. The number of urea groups is 1. The van der Waals surface area contributed by atoms with Gasteiger partial charge < -0.3 is 4.74 Å². The largest absolute Gasteiger partial charge is 0.443 e. The highest BCUT2D eigenvalue weighted by Gasteiger charge is 2.26. The molecule has 1 N–H and O–H groups in total. The minimum atomic E-state index is -4.07. The van der Waals surface area contributed by atoms with Crippen molar-refractivity contribution in [2.24, 2.45) is 0 Å². The van der Waals surface area contributed by atoms with Gasteiger partial charge in [0.1, 0.15) is 6.61 Å². The van der Waals surface area contributed by atoms with Gasteiger partial charge in [0.05, 0.1) is 4.90 Å². The molecule has 0 spiro atoms. The molecule has 0 aliphatic heterocycles. The zero-order valence-electron chi connectivity index (χ0n) is 16.0. The number of nitrogens with zero attached hydrogens (tertiary/aromatic N) is 2. The van der Waals surface area contributed by atoms with Gasteiger partial charge >= 0.3 is 12.1 Å². The summed E-state index contributed by atoms with van der Waals surface area (Å²) in [5.41, 5.74) is 1.68. The van der Waals surface area contributed by atoms with Crippen LogP contribution in [-0.4, -0.2) is 44.2 Å². The summed E-state index contributed by atoms with van der Waals surface area (Å²) in [6.07, 6.45) is -0.784. The molecule has 2 aromatic carbocycles. The minimum Gasteiger partial charge on any atom is -0.443 e. The first-order chi connectivity index (χ1) is 13.2. The normalized spacial score (nSPS) is 10.8. The van der Waals surface area contributed by atoms with Crippen LogP contribution in [0.4, 0.5) is 9.59 Å². The molecule has 28 heavy (non-hydrogen) atoms. The summed E-state index contributed by atoms with van der Waals surface area (Å²) in [5.74, 6) is 0. The molecule has 2 aromatic rings. The van der Waals surface area contributed by atoms with Gasteiger partial charge in [0.15, 0.2) is 0 Å². The van der Waals surface area contributed by atoms with E-state index in [0.29, 0.717) is 0 Å². The van der Waals surface area contributed by atoms with Gasteiger partial charge in [-0.3, -0.25) is 0 Å². The van der Waals surface area contributed by atoms with Crippen molar-refractivity contribution in [2.45, 2.75) is 25.3 Å². The molecule has 0 aromatic heterocycles. The zero-order chi connectivity index (χ0) is 20.7. The van der Waals surface area contributed by atoms with E-state index in [1.54, 1.807) is 31.2 Å². The summed E-state index contributed by atoms with van der Waals surface area (Å²) >= 11 is 0. The van der Waals surface area contributed by atoms with Gasteiger partial charge in [-0.1, -0.05) is 48.0 Å². The highest BCUT2D eigenvalue weighted by atomic mass is 32.2. The third kappa shape index (κ3) is 5.46. The summed E-state index contributed by atoms with van der Waals surface area (Å²) in [5, 5.41) is 1.88. The number of amides is 3. The molecule has 9 heteroatoms. The Bertz CT molecular complexity index is 914. The number of rotatable bonds is 5. The molecule has 0 saturated heterocycles. The van der Waals surface area contributed by atoms with Crippen LogP contribution in [0.5, 0.6) is 0 Å². The lowest BCUT2D eigenvalue weighted by Crippen LogP contribution is -2.52. The predicted molar refractivity (Wildman–Crippen MR) is 104 cm³/mol. The Morgan fingerprint density at radius 3 is 2.21 bits per heavy atom. The Morgan fingerprint density at radius 2 is 1.64 bits per heavy atom. The fraction of sp³-hybridized carbons (Fsp3) is 0.263. The number of benzene rings is 2. The number of ether oxygens (including phenoxy) is 1. The minimum absolute atomic E-state index is 0.0326. The first-order valence-corrected chi connectivity index (χ1v) is 10.1. The second kappa shape index (κ2) is 9.23. The summed E-state index contributed by atoms with van der Waals surface area (Å²) in [6, 6.07) is 14.2. The van der Waals surface area contributed by atoms with Crippen LogP contribution in [0.1, 0.15) is 18.1 Å².